The Balaban J connectivity index is 1.44. The first-order chi connectivity index (χ1) is 17.9. The molecule has 0 radical (unpaired) electrons. The van der Waals surface area contributed by atoms with Gasteiger partial charge in [0.1, 0.15) is 0 Å². The molecule has 1 atom stereocenters. The number of hydrogen-bond acceptors (Lipinski definition) is 6. The molecule has 1 unspecified atom stereocenters. The Hall–Kier alpha value is -3.20. The minimum Gasteiger partial charge on any atom is -0.383 e. The summed E-state index contributed by atoms with van der Waals surface area (Å²) in [7, 11) is 3.75. The third-order valence-corrected chi connectivity index (χ3v) is 7.75. The minimum absolute atomic E-state index is 0.0723. The van der Waals surface area contributed by atoms with Crippen molar-refractivity contribution in [2.45, 2.75) is 19.9 Å². The highest BCUT2D eigenvalue weighted by Gasteiger charge is 2.19. The molecule has 0 aliphatic carbocycles. The van der Waals surface area contributed by atoms with Crippen molar-refractivity contribution in [2.75, 3.05) is 58.4 Å². The Kier molecular flexibility index (Phi) is 8.97. The molecule has 3 aromatic rings. The number of anilines is 1. The van der Waals surface area contributed by atoms with E-state index >= 15 is 0 Å². The van der Waals surface area contributed by atoms with E-state index in [2.05, 4.69) is 39.6 Å². The van der Waals surface area contributed by atoms with Crippen molar-refractivity contribution in [3.8, 4) is 11.1 Å². The van der Waals surface area contributed by atoms with Gasteiger partial charge in [-0.3, -0.25) is 9.59 Å². The minimum atomic E-state index is -0.172. The number of carbonyl (C=O) groups excluding carboxylic acids is 2. The first kappa shape index (κ1) is 26.9. The normalized spacial score (nSPS) is 14.9. The number of carbonyl (C=O) groups is 2. The molecule has 196 valence electrons. The Morgan fingerprint density at radius 2 is 1.81 bits per heavy atom. The number of methoxy groups -OCH3 is 1. The van der Waals surface area contributed by atoms with Crippen molar-refractivity contribution in [3.63, 3.8) is 0 Å². The lowest BCUT2D eigenvalue weighted by molar-refractivity contribution is 0.0932. The Morgan fingerprint density at radius 1 is 1.03 bits per heavy atom. The van der Waals surface area contributed by atoms with E-state index in [1.165, 1.54) is 11.3 Å². The fraction of sp³-hybridized carbons (Fsp3) is 0.379. The zero-order chi connectivity index (χ0) is 26.4. The summed E-state index contributed by atoms with van der Waals surface area (Å²) in [6.07, 6.45) is 0. The summed E-state index contributed by atoms with van der Waals surface area (Å²) in [4.78, 5) is 31.0. The maximum Gasteiger partial charge on any atom is 0.261 e. The second-order valence-electron chi connectivity index (χ2n) is 9.56. The topological polar surface area (TPSA) is 73.9 Å². The van der Waals surface area contributed by atoms with E-state index in [1.54, 1.807) is 7.11 Å². The summed E-state index contributed by atoms with van der Waals surface area (Å²) < 4.78 is 4.99. The van der Waals surface area contributed by atoms with Crippen LogP contribution in [0.4, 0.5) is 5.69 Å². The first-order valence-electron chi connectivity index (χ1n) is 12.7. The van der Waals surface area contributed by atoms with E-state index in [0.29, 0.717) is 23.6 Å². The highest BCUT2D eigenvalue weighted by atomic mass is 32.1. The van der Waals surface area contributed by atoms with Gasteiger partial charge in [0.05, 0.1) is 17.5 Å². The lowest BCUT2D eigenvalue weighted by Crippen LogP contribution is -2.44. The number of thiophene rings is 1. The molecule has 2 amide bonds. The predicted molar refractivity (Wildman–Crippen MR) is 151 cm³/mol. The van der Waals surface area contributed by atoms with Crippen LogP contribution in [0, 0.1) is 6.92 Å². The average molecular weight is 521 g/mol. The lowest BCUT2D eigenvalue weighted by atomic mass is 10.0. The van der Waals surface area contributed by atoms with Crippen molar-refractivity contribution < 1.29 is 14.3 Å². The predicted octanol–water partition coefficient (Wildman–Crippen LogP) is 4.34. The molecule has 4 rings (SSSR count). The van der Waals surface area contributed by atoms with Gasteiger partial charge in [-0.25, -0.2) is 0 Å². The number of benzene rings is 2. The molecule has 1 aromatic heterocycles. The number of likely N-dealkylation sites (N-methyl/N-ethyl adjacent to an activating group) is 1. The van der Waals surface area contributed by atoms with Crippen LogP contribution in [-0.4, -0.2) is 70.2 Å². The van der Waals surface area contributed by atoms with Crippen molar-refractivity contribution in [3.05, 3.63) is 75.5 Å². The maximum atomic E-state index is 13.3. The monoisotopic (exact) mass is 520 g/mol. The highest BCUT2D eigenvalue weighted by molar-refractivity contribution is 7.12. The molecule has 2 N–H and O–H groups in total. The number of aryl methyl sites for hydroxylation is 1. The van der Waals surface area contributed by atoms with E-state index in [-0.39, 0.29) is 17.9 Å². The zero-order valence-corrected chi connectivity index (χ0v) is 22.9. The van der Waals surface area contributed by atoms with Gasteiger partial charge in [0, 0.05) is 51.1 Å². The molecule has 2 heterocycles. The molecular formula is C29H36N4O3S. The number of nitrogens with zero attached hydrogens (tertiary/aromatic N) is 2. The largest absolute Gasteiger partial charge is 0.383 e. The molecule has 37 heavy (non-hydrogen) atoms. The summed E-state index contributed by atoms with van der Waals surface area (Å²) in [5.74, 6) is -0.170. The van der Waals surface area contributed by atoms with Crippen LogP contribution < -0.4 is 15.5 Å². The average Bonchev–Trinajstić information content (AvgIpc) is 3.40. The molecule has 1 fully saturated rings. The SMILES string of the molecule is COCCNC(=O)c1cc(-c2cccc(C(C)NC(=O)c3cc(N4CCN(C)CC4)ccc3C)c2)cs1. The number of rotatable bonds is 9. The van der Waals surface area contributed by atoms with Crippen LogP contribution in [0.25, 0.3) is 11.1 Å². The fourth-order valence-corrected chi connectivity index (χ4v) is 5.25. The number of piperazine rings is 1. The van der Waals surface area contributed by atoms with Gasteiger partial charge in [-0.15, -0.1) is 11.3 Å². The number of hydrogen-bond donors (Lipinski definition) is 2. The third kappa shape index (κ3) is 6.77. The number of ether oxygens (including phenoxy) is 1. The Bertz CT molecular complexity index is 1230. The molecule has 0 saturated carbocycles. The standard InChI is InChI=1S/C29H36N4O3S/c1-20-8-9-25(33-13-11-32(3)12-14-33)18-26(20)28(34)31-21(2)22-6-5-7-23(16-22)24-17-27(37-19-24)29(35)30-10-15-36-4/h5-9,16-19,21H,10-15H2,1-4H3,(H,30,35)(H,31,34). The van der Waals surface area contributed by atoms with Gasteiger partial charge in [-0.2, -0.15) is 0 Å². The molecule has 7 nitrogen and oxygen atoms in total. The maximum absolute atomic E-state index is 13.3. The molecular weight excluding hydrogens is 484 g/mol. The van der Waals surface area contributed by atoms with E-state index in [1.807, 2.05) is 55.6 Å². The van der Waals surface area contributed by atoms with Crippen molar-refractivity contribution in [2.24, 2.45) is 0 Å². The van der Waals surface area contributed by atoms with Gasteiger partial charge in [0.25, 0.3) is 11.8 Å². The van der Waals surface area contributed by atoms with E-state index in [4.69, 9.17) is 4.74 Å². The van der Waals surface area contributed by atoms with Gasteiger partial charge in [0.2, 0.25) is 0 Å². The smallest absolute Gasteiger partial charge is 0.261 e. The number of nitrogens with one attached hydrogen (secondary N) is 2. The summed E-state index contributed by atoms with van der Waals surface area (Å²) in [6.45, 7) is 8.90. The molecule has 1 aliphatic heterocycles. The van der Waals surface area contributed by atoms with Gasteiger partial charge < -0.3 is 25.2 Å². The summed E-state index contributed by atoms with van der Waals surface area (Å²) >= 11 is 1.42. The second kappa shape index (κ2) is 12.4. The first-order valence-corrected chi connectivity index (χ1v) is 13.5. The summed E-state index contributed by atoms with van der Waals surface area (Å²) in [5.41, 5.74) is 5.78. The summed E-state index contributed by atoms with van der Waals surface area (Å²) in [6, 6.07) is 16.0. The fourth-order valence-electron chi connectivity index (χ4n) is 4.42. The van der Waals surface area contributed by atoms with Gasteiger partial charge in [-0.1, -0.05) is 24.3 Å². The van der Waals surface area contributed by atoms with E-state index in [9.17, 15) is 9.59 Å². The molecule has 0 spiro atoms. The van der Waals surface area contributed by atoms with Crippen molar-refractivity contribution in [1.29, 1.82) is 0 Å². The Morgan fingerprint density at radius 3 is 2.57 bits per heavy atom. The van der Waals surface area contributed by atoms with Crippen LogP contribution in [0.15, 0.2) is 53.9 Å². The van der Waals surface area contributed by atoms with Gasteiger partial charge in [-0.05, 0) is 72.8 Å². The molecule has 0 bridgehead atoms. The highest BCUT2D eigenvalue weighted by Crippen LogP contribution is 2.28. The molecule has 2 aromatic carbocycles. The van der Waals surface area contributed by atoms with Gasteiger partial charge >= 0.3 is 0 Å². The van der Waals surface area contributed by atoms with Crippen LogP contribution in [-0.2, 0) is 4.74 Å². The van der Waals surface area contributed by atoms with Crippen LogP contribution in [0.2, 0.25) is 0 Å². The molecule has 1 aliphatic rings. The van der Waals surface area contributed by atoms with Gasteiger partial charge in [0.15, 0.2) is 0 Å². The van der Waals surface area contributed by atoms with Crippen molar-refractivity contribution >= 4 is 28.8 Å². The van der Waals surface area contributed by atoms with E-state index in [0.717, 1.165) is 54.1 Å². The van der Waals surface area contributed by atoms with Crippen LogP contribution in [0.1, 0.15) is 44.1 Å². The molecule has 8 heteroatoms. The Labute approximate surface area is 223 Å². The summed E-state index contributed by atoms with van der Waals surface area (Å²) in [5, 5.41) is 8.03. The molecule has 1 saturated heterocycles. The van der Waals surface area contributed by atoms with E-state index < -0.39 is 0 Å². The quantitative estimate of drug-likeness (QED) is 0.411. The lowest BCUT2D eigenvalue weighted by Gasteiger charge is -2.34. The number of amides is 2. The second-order valence-corrected chi connectivity index (χ2v) is 10.5. The van der Waals surface area contributed by atoms with Crippen LogP contribution in [0.5, 0.6) is 0 Å². The van der Waals surface area contributed by atoms with Crippen molar-refractivity contribution in [1.82, 2.24) is 15.5 Å². The third-order valence-electron chi connectivity index (χ3n) is 6.82. The zero-order valence-electron chi connectivity index (χ0n) is 22.0. The van der Waals surface area contributed by atoms with Crippen LogP contribution in [0.3, 0.4) is 0 Å². The van der Waals surface area contributed by atoms with Crippen LogP contribution >= 0.6 is 11.3 Å².